The van der Waals surface area contributed by atoms with Crippen LogP contribution >= 0.6 is 0 Å². The highest BCUT2D eigenvalue weighted by molar-refractivity contribution is 5.71. The first-order valence-corrected chi connectivity index (χ1v) is 9.40. The monoisotopic (exact) mass is 418 g/mol. The Labute approximate surface area is 174 Å². The lowest BCUT2D eigenvalue weighted by Gasteiger charge is -2.24. The van der Waals surface area contributed by atoms with Crippen molar-refractivity contribution in [2.45, 2.75) is 25.7 Å². The Kier molecular flexibility index (Phi) is 7.91. The van der Waals surface area contributed by atoms with Gasteiger partial charge in [0.15, 0.2) is 0 Å². The molecule has 2 aromatic rings. The number of phenols is 2. The zero-order valence-electron chi connectivity index (χ0n) is 16.9. The first-order valence-electron chi connectivity index (χ1n) is 9.40. The molecule has 0 fully saturated rings. The van der Waals surface area contributed by atoms with Crippen LogP contribution in [0.4, 0.5) is 0 Å². The Hall–Kier alpha value is -3.42. The van der Waals surface area contributed by atoms with Crippen molar-refractivity contribution in [3.05, 3.63) is 47.5 Å². The molecule has 0 aliphatic heterocycles. The smallest absolute Gasteiger partial charge is 0.307 e. The van der Waals surface area contributed by atoms with E-state index in [-0.39, 0.29) is 37.2 Å². The van der Waals surface area contributed by atoms with E-state index in [1.54, 1.807) is 12.1 Å². The highest BCUT2D eigenvalue weighted by Gasteiger charge is 2.29. The summed E-state index contributed by atoms with van der Waals surface area (Å²) in [7, 11) is 2.90. The number of methoxy groups -OCH3 is 2. The first-order chi connectivity index (χ1) is 14.2. The Balaban J connectivity index is 2.35. The van der Waals surface area contributed by atoms with Crippen LogP contribution in [0.3, 0.4) is 0 Å². The van der Waals surface area contributed by atoms with Crippen molar-refractivity contribution < 1.29 is 39.5 Å². The number of benzene rings is 2. The molecule has 0 amide bonds. The zero-order valence-corrected chi connectivity index (χ0v) is 16.9. The van der Waals surface area contributed by atoms with Gasteiger partial charge in [0.1, 0.15) is 23.0 Å². The maximum atomic E-state index is 12.1. The summed E-state index contributed by atoms with van der Waals surface area (Å²) in [5, 5.41) is 38.8. The molecule has 0 aliphatic rings. The first kappa shape index (κ1) is 22.9. The fourth-order valence-corrected chi connectivity index (χ4v) is 3.52. The van der Waals surface area contributed by atoms with Gasteiger partial charge in [-0.15, -0.1) is 0 Å². The Bertz CT molecular complexity index is 893. The molecular weight excluding hydrogens is 392 g/mol. The summed E-state index contributed by atoms with van der Waals surface area (Å²) in [6.45, 7) is 0. The maximum absolute atomic E-state index is 12.1. The Morgan fingerprint density at radius 1 is 0.833 bits per heavy atom. The number of carboxylic acid groups (broad SMARTS) is 2. The van der Waals surface area contributed by atoms with Crippen LogP contribution in [0.2, 0.25) is 0 Å². The number of carboxylic acids is 2. The van der Waals surface area contributed by atoms with Gasteiger partial charge in [-0.25, -0.2) is 0 Å². The number of phenolic OH excluding ortho intramolecular Hbond substituents is 2. The predicted octanol–water partition coefficient (Wildman–Crippen LogP) is 3.08. The van der Waals surface area contributed by atoms with Crippen LogP contribution in [0, 0.1) is 11.8 Å². The van der Waals surface area contributed by atoms with Crippen LogP contribution in [0.5, 0.6) is 23.0 Å². The van der Waals surface area contributed by atoms with Crippen molar-refractivity contribution in [1.29, 1.82) is 0 Å². The molecule has 0 saturated carbocycles. The van der Waals surface area contributed by atoms with E-state index in [2.05, 4.69) is 0 Å². The summed E-state index contributed by atoms with van der Waals surface area (Å²) >= 11 is 0. The van der Waals surface area contributed by atoms with E-state index < -0.39 is 23.8 Å². The van der Waals surface area contributed by atoms with Crippen LogP contribution in [-0.4, -0.2) is 46.6 Å². The van der Waals surface area contributed by atoms with Gasteiger partial charge in [0.2, 0.25) is 0 Å². The van der Waals surface area contributed by atoms with E-state index in [4.69, 9.17) is 14.6 Å². The van der Waals surface area contributed by atoms with E-state index >= 15 is 0 Å². The molecule has 4 N–H and O–H groups in total. The summed E-state index contributed by atoms with van der Waals surface area (Å²) in [6, 6.07) is 9.14. The van der Waals surface area contributed by atoms with E-state index in [1.807, 2.05) is 0 Å². The highest BCUT2D eigenvalue weighted by atomic mass is 16.5. The fraction of sp³-hybridized carbons (Fsp3) is 0.364. The van der Waals surface area contributed by atoms with Crippen LogP contribution in [0.15, 0.2) is 36.4 Å². The predicted molar refractivity (Wildman–Crippen MR) is 108 cm³/mol. The van der Waals surface area contributed by atoms with Gasteiger partial charge in [-0.3, -0.25) is 9.59 Å². The topological polar surface area (TPSA) is 134 Å². The second-order valence-corrected chi connectivity index (χ2v) is 7.12. The van der Waals surface area contributed by atoms with Crippen molar-refractivity contribution in [2.75, 3.05) is 14.2 Å². The van der Waals surface area contributed by atoms with E-state index in [0.717, 1.165) is 0 Å². The second-order valence-electron chi connectivity index (χ2n) is 7.12. The molecule has 0 spiro atoms. The van der Waals surface area contributed by atoms with Gasteiger partial charge in [-0.05, 0) is 60.6 Å². The third-order valence-corrected chi connectivity index (χ3v) is 4.94. The molecule has 0 saturated heterocycles. The molecule has 0 bridgehead atoms. The number of aromatic hydroxyl groups is 2. The molecule has 2 aromatic carbocycles. The van der Waals surface area contributed by atoms with Gasteiger partial charge in [-0.1, -0.05) is 0 Å². The molecule has 0 aliphatic carbocycles. The summed E-state index contributed by atoms with van der Waals surface area (Å²) in [5.74, 6) is -2.78. The molecule has 2 rings (SSSR count). The lowest BCUT2D eigenvalue weighted by Crippen LogP contribution is -2.28. The Morgan fingerprint density at radius 3 is 1.77 bits per heavy atom. The van der Waals surface area contributed by atoms with Gasteiger partial charge in [0, 0.05) is 18.6 Å². The SMILES string of the molecule is COc1cc(O)cc(C[C@H](CCC(=O)O)[C@H](Cc2cc(O)cc(OC)c2)C(=O)O)c1. The van der Waals surface area contributed by atoms with E-state index in [0.29, 0.717) is 22.6 Å². The molecule has 30 heavy (non-hydrogen) atoms. The van der Waals surface area contributed by atoms with Gasteiger partial charge in [0.05, 0.1) is 20.1 Å². The average Bonchev–Trinajstić information content (AvgIpc) is 2.68. The number of hydrogen-bond acceptors (Lipinski definition) is 6. The number of ether oxygens (including phenoxy) is 2. The molecule has 0 radical (unpaired) electrons. The summed E-state index contributed by atoms with van der Waals surface area (Å²) < 4.78 is 10.3. The van der Waals surface area contributed by atoms with Gasteiger partial charge in [-0.2, -0.15) is 0 Å². The molecule has 8 heteroatoms. The van der Waals surface area contributed by atoms with Crippen molar-refractivity contribution in [2.24, 2.45) is 11.8 Å². The standard InChI is InChI=1S/C22H26O8/c1-29-18-8-13(6-16(23)11-18)5-15(3-4-21(25)26)20(22(27)28)10-14-7-17(24)12-19(9-14)30-2/h6-9,11-12,15,20,23-24H,3-5,10H2,1-2H3,(H,25,26)(H,27,28)/t15-,20-/m0/s1. The zero-order chi connectivity index (χ0) is 22.3. The third-order valence-electron chi connectivity index (χ3n) is 4.94. The van der Waals surface area contributed by atoms with Crippen LogP contribution < -0.4 is 9.47 Å². The molecule has 8 nitrogen and oxygen atoms in total. The minimum absolute atomic E-state index is 0.0223. The second kappa shape index (κ2) is 10.4. The van der Waals surface area contributed by atoms with Crippen molar-refractivity contribution in [1.82, 2.24) is 0 Å². The average molecular weight is 418 g/mol. The van der Waals surface area contributed by atoms with Crippen LogP contribution in [0.1, 0.15) is 24.0 Å². The fourth-order valence-electron chi connectivity index (χ4n) is 3.52. The van der Waals surface area contributed by atoms with Crippen molar-refractivity contribution in [3.63, 3.8) is 0 Å². The minimum Gasteiger partial charge on any atom is -0.508 e. The van der Waals surface area contributed by atoms with Crippen LogP contribution in [0.25, 0.3) is 0 Å². The van der Waals surface area contributed by atoms with Crippen molar-refractivity contribution in [3.8, 4) is 23.0 Å². The lowest BCUT2D eigenvalue weighted by molar-refractivity contribution is -0.145. The highest BCUT2D eigenvalue weighted by Crippen LogP contribution is 2.31. The summed E-state index contributed by atoms with van der Waals surface area (Å²) in [6.07, 6.45) is 0.277. The summed E-state index contributed by atoms with van der Waals surface area (Å²) in [5.41, 5.74) is 1.20. The van der Waals surface area contributed by atoms with E-state index in [1.165, 1.54) is 38.5 Å². The quantitative estimate of drug-likeness (QED) is 0.437. The molecular formula is C22H26O8. The molecule has 0 aromatic heterocycles. The molecule has 162 valence electrons. The maximum Gasteiger partial charge on any atom is 0.307 e. The summed E-state index contributed by atoms with van der Waals surface area (Å²) in [4.78, 5) is 23.2. The number of rotatable bonds is 11. The Morgan fingerprint density at radius 2 is 1.33 bits per heavy atom. The van der Waals surface area contributed by atoms with Crippen molar-refractivity contribution >= 4 is 11.9 Å². The van der Waals surface area contributed by atoms with E-state index in [9.17, 15) is 24.9 Å². The minimum atomic E-state index is -1.07. The third kappa shape index (κ3) is 6.58. The van der Waals surface area contributed by atoms with Gasteiger partial charge in [0.25, 0.3) is 0 Å². The number of carbonyl (C=O) groups is 2. The lowest BCUT2D eigenvalue weighted by atomic mass is 9.80. The normalized spacial score (nSPS) is 12.7. The number of aliphatic carboxylic acids is 2. The molecule has 2 atom stereocenters. The molecule has 0 heterocycles. The van der Waals surface area contributed by atoms with Gasteiger partial charge < -0.3 is 29.9 Å². The largest absolute Gasteiger partial charge is 0.508 e. The van der Waals surface area contributed by atoms with Crippen LogP contribution in [-0.2, 0) is 22.4 Å². The van der Waals surface area contributed by atoms with Gasteiger partial charge >= 0.3 is 11.9 Å². The number of hydrogen-bond donors (Lipinski definition) is 4. The molecule has 0 unspecified atom stereocenters.